The SMILES string of the molecule is O=[N+]([O-])[C@@H]1CCCC[C@H]1CCO. The van der Waals surface area contributed by atoms with Crippen LogP contribution in [0.2, 0.25) is 0 Å². The smallest absolute Gasteiger partial charge is 0.216 e. The summed E-state index contributed by atoms with van der Waals surface area (Å²) >= 11 is 0. The first-order valence-electron chi connectivity index (χ1n) is 4.50. The third kappa shape index (κ3) is 2.17. The number of hydrogen-bond acceptors (Lipinski definition) is 3. The van der Waals surface area contributed by atoms with Crippen LogP contribution in [-0.4, -0.2) is 22.7 Å². The summed E-state index contributed by atoms with van der Waals surface area (Å²) in [6.45, 7) is 0.0784. The molecule has 1 aliphatic rings. The summed E-state index contributed by atoms with van der Waals surface area (Å²) in [6, 6.07) is -0.397. The first kappa shape index (κ1) is 9.45. The molecule has 0 aromatic rings. The highest BCUT2D eigenvalue weighted by molar-refractivity contribution is 4.74. The minimum atomic E-state index is -0.397. The second-order valence-corrected chi connectivity index (χ2v) is 3.41. The molecule has 1 rings (SSSR count). The molecule has 0 unspecified atom stereocenters. The van der Waals surface area contributed by atoms with E-state index in [1.54, 1.807) is 0 Å². The number of rotatable bonds is 3. The molecule has 0 heterocycles. The molecular formula is C8H15NO3. The van der Waals surface area contributed by atoms with E-state index in [-0.39, 0.29) is 17.4 Å². The third-order valence-electron chi connectivity index (χ3n) is 2.64. The summed E-state index contributed by atoms with van der Waals surface area (Å²) < 4.78 is 0. The van der Waals surface area contributed by atoms with Crippen LogP contribution in [-0.2, 0) is 0 Å². The Morgan fingerprint density at radius 1 is 1.42 bits per heavy atom. The molecule has 0 spiro atoms. The van der Waals surface area contributed by atoms with E-state index in [1.165, 1.54) is 0 Å². The number of hydrogen-bond donors (Lipinski definition) is 1. The fraction of sp³-hybridized carbons (Fsp3) is 1.00. The summed E-state index contributed by atoms with van der Waals surface area (Å²) in [4.78, 5) is 10.4. The second-order valence-electron chi connectivity index (χ2n) is 3.41. The summed E-state index contributed by atoms with van der Waals surface area (Å²) in [5.41, 5.74) is 0. The Bertz CT molecular complexity index is 158. The maximum absolute atomic E-state index is 10.6. The van der Waals surface area contributed by atoms with Gasteiger partial charge in [0, 0.05) is 23.9 Å². The van der Waals surface area contributed by atoms with Crippen molar-refractivity contribution >= 4 is 0 Å². The number of nitrogens with zero attached hydrogens (tertiary/aromatic N) is 1. The van der Waals surface area contributed by atoms with Gasteiger partial charge in [-0.1, -0.05) is 6.42 Å². The monoisotopic (exact) mass is 173 g/mol. The third-order valence-corrected chi connectivity index (χ3v) is 2.64. The lowest BCUT2D eigenvalue weighted by Gasteiger charge is -2.24. The summed E-state index contributed by atoms with van der Waals surface area (Å²) in [6.07, 6.45) is 4.23. The van der Waals surface area contributed by atoms with E-state index >= 15 is 0 Å². The highest BCUT2D eigenvalue weighted by atomic mass is 16.6. The van der Waals surface area contributed by atoms with Crippen LogP contribution in [0.25, 0.3) is 0 Å². The molecule has 0 saturated heterocycles. The minimum Gasteiger partial charge on any atom is -0.396 e. The largest absolute Gasteiger partial charge is 0.396 e. The fourth-order valence-electron chi connectivity index (χ4n) is 1.97. The van der Waals surface area contributed by atoms with E-state index in [9.17, 15) is 10.1 Å². The van der Waals surface area contributed by atoms with Crippen molar-refractivity contribution in [3.8, 4) is 0 Å². The Morgan fingerprint density at radius 3 is 2.67 bits per heavy atom. The van der Waals surface area contributed by atoms with Crippen LogP contribution in [0.3, 0.4) is 0 Å². The van der Waals surface area contributed by atoms with Gasteiger partial charge in [0.2, 0.25) is 6.04 Å². The van der Waals surface area contributed by atoms with E-state index in [4.69, 9.17) is 5.11 Å². The van der Waals surface area contributed by atoms with Gasteiger partial charge in [-0.25, -0.2) is 0 Å². The van der Waals surface area contributed by atoms with E-state index in [0.717, 1.165) is 19.3 Å². The van der Waals surface area contributed by atoms with Crippen LogP contribution in [0.5, 0.6) is 0 Å². The first-order chi connectivity index (χ1) is 5.75. The Hall–Kier alpha value is -0.640. The van der Waals surface area contributed by atoms with Gasteiger partial charge in [0.25, 0.3) is 0 Å². The number of aliphatic hydroxyl groups excluding tert-OH is 1. The molecule has 1 N–H and O–H groups in total. The number of nitro groups is 1. The van der Waals surface area contributed by atoms with Crippen molar-refractivity contribution in [3.63, 3.8) is 0 Å². The zero-order valence-corrected chi connectivity index (χ0v) is 7.11. The van der Waals surface area contributed by atoms with Crippen LogP contribution in [0, 0.1) is 16.0 Å². The van der Waals surface area contributed by atoms with Crippen molar-refractivity contribution in [1.29, 1.82) is 0 Å². The molecule has 70 valence electrons. The highest BCUT2D eigenvalue weighted by Crippen LogP contribution is 2.28. The van der Waals surface area contributed by atoms with Gasteiger partial charge in [-0.05, 0) is 19.3 Å². The van der Waals surface area contributed by atoms with Crippen LogP contribution in [0.1, 0.15) is 32.1 Å². The molecule has 4 nitrogen and oxygen atoms in total. The standard InChI is InChI=1S/C8H15NO3/c10-6-5-7-3-1-2-4-8(7)9(11)12/h7-8,10H,1-6H2/t7-,8+/m0/s1. The van der Waals surface area contributed by atoms with Gasteiger partial charge in [-0.15, -0.1) is 0 Å². The van der Waals surface area contributed by atoms with E-state index in [1.807, 2.05) is 0 Å². The lowest BCUT2D eigenvalue weighted by Crippen LogP contribution is -2.32. The van der Waals surface area contributed by atoms with Gasteiger partial charge in [-0.3, -0.25) is 10.1 Å². The summed E-state index contributed by atoms with van der Waals surface area (Å²) in [7, 11) is 0. The lowest BCUT2D eigenvalue weighted by atomic mass is 9.83. The van der Waals surface area contributed by atoms with Crippen LogP contribution < -0.4 is 0 Å². The molecule has 0 aliphatic heterocycles. The zero-order chi connectivity index (χ0) is 8.97. The van der Waals surface area contributed by atoms with Crippen molar-refractivity contribution < 1.29 is 10.0 Å². The predicted octanol–water partition coefficient (Wildman–Crippen LogP) is 1.20. The second kappa shape index (κ2) is 4.40. The molecule has 1 fully saturated rings. The molecule has 0 aromatic carbocycles. The zero-order valence-electron chi connectivity index (χ0n) is 7.11. The van der Waals surface area contributed by atoms with Crippen molar-refractivity contribution in [2.75, 3.05) is 6.61 Å². The lowest BCUT2D eigenvalue weighted by molar-refractivity contribution is -0.536. The van der Waals surface area contributed by atoms with Crippen molar-refractivity contribution in [2.24, 2.45) is 5.92 Å². The Kier molecular flexibility index (Phi) is 3.47. The van der Waals surface area contributed by atoms with Crippen LogP contribution >= 0.6 is 0 Å². The van der Waals surface area contributed by atoms with Gasteiger partial charge in [0.1, 0.15) is 0 Å². The van der Waals surface area contributed by atoms with Gasteiger partial charge >= 0.3 is 0 Å². The maximum atomic E-state index is 10.6. The molecule has 0 amide bonds. The van der Waals surface area contributed by atoms with Crippen molar-refractivity contribution in [3.05, 3.63) is 10.1 Å². The molecule has 4 heteroatoms. The first-order valence-corrected chi connectivity index (χ1v) is 4.50. The average Bonchev–Trinajstić information content (AvgIpc) is 2.05. The Morgan fingerprint density at radius 2 is 2.08 bits per heavy atom. The molecule has 0 bridgehead atoms. The van der Waals surface area contributed by atoms with Gasteiger partial charge < -0.3 is 5.11 Å². The van der Waals surface area contributed by atoms with Crippen LogP contribution in [0.4, 0.5) is 0 Å². The fourth-order valence-corrected chi connectivity index (χ4v) is 1.97. The average molecular weight is 173 g/mol. The number of aliphatic hydroxyl groups is 1. The molecule has 0 aromatic heterocycles. The summed E-state index contributed by atoms with van der Waals surface area (Å²) in [5, 5.41) is 19.3. The molecule has 1 aliphatic carbocycles. The normalized spacial score (nSPS) is 30.1. The molecule has 1 saturated carbocycles. The van der Waals surface area contributed by atoms with Crippen LogP contribution in [0.15, 0.2) is 0 Å². The van der Waals surface area contributed by atoms with Gasteiger partial charge in [0.15, 0.2) is 0 Å². The van der Waals surface area contributed by atoms with E-state index in [0.29, 0.717) is 12.8 Å². The predicted molar refractivity (Wildman–Crippen MR) is 44.4 cm³/mol. The van der Waals surface area contributed by atoms with E-state index in [2.05, 4.69) is 0 Å². The minimum absolute atomic E-state index is 0.0784. The van der Waals surface area contributed by atoms with Gasteiger partial charge in [0.05, 0.1) is 0 Å². The topological polar surface area (TPSA) is 63.4 Å². The van der Waals surface area contributed by atoms with Gasteiger partial charge in [-0.2, -0.15) is 0 Å². The molecule has 0 radical (unpaired) electrons. The van der Waals surface area contributed by atoms with Crippen molar-refractivity contribution in [2.45, 2.75) is 38.1 Å². The van der Waals surface area contributed by atoms with Crippen molar-refractivity contribution in [1.82, 2.24) is 0 Å². The highest BCUT2D eigenvalue weighted by Gasteiger charge is 2.33. The summed E-state index contributed by atoms with van der Waals surface area (Å²) in [5.74, 6) is 0.110. The Balaban J connectivity index is 2.48. The maximum Gasteiger partial charge on any atom is 0.216 e. The molecular weight excluding hydrogens is 158 g/mol. The van der Waals surface area contributed by atoms with E-state index < -0.39 is 6.04 Å². The molecule has 12 heavy (non-hydrogen) atoms. The molecule has 2 atom stereocenters. The quantitative estimate of drug-likeness (QED) is 0.515. The Labute approximate surface area is 71.7 Å².